The molecule has 37 heavy (non-hydrogen) atoms. The fraction of sp³-hybridized carbons (Fsp3) is 0.333. The van der Waals surface area contributed by atoms with Gasteiger partial charge in [-0.05, 0) is 53.8 Å². The van der Waals surface area contributed by atoms with Crippen LogP contribution in [0.3, 0.4) is 0 Å². The van der Waals surface area contributed by atoms with Crippen LogP contribution in [0.15, 0.2) is 66.7 Å². The molecule has 0 aliphatic heterocycles. The molecule has 0 unspecified atom stereocenters. The Morgan fingerprint density at radius 3 is 2.19 bits per heavy atom. The number of aliphatic hydroxyl groups is 1. The van der Waals surface area contributed by atoms with Gasteiger partial charge in [-0.1, -0.05) is 57.2 Å². The number of ketones is 1. The van der Waals surface area contributed by atoms with Crippen molar-refractivity contribution in [3.05, 3.63) is 106 Å². The molecule has 196 valence electrons. The van der Waals surface area contributed by atoms with Crippen molar-refractivity contribution < 1.29 is 23.5 Å². The molecule has 7 heteroatoms. The molecule has 3 rings (SSSR count). The molecular formula is C30H34F2N2O3. The van der Waals surface area contributed by atoms with E-state index in [1.165, 1.54) is 23.8 Å². The fourth-order valence-corrected chi connectivity index (χ4v) is 4.13. The highest BCUT2D eigenvalue weighted by molar-refractivity contribution is 6.01. The van der Waals surface area contributed by atoms with Crippen molar-refractivity contribution in [3.8, 4) is 0 Å². The number of rotatable bonds is 12. The third-order valence-corrected chi connectivity index (χ3v) is 6.17. The summed E-state index contributed by atoms with van der Waals surface area (Å²) in [6.07, 6.45) is -0.122. The molecule has 0 aliphatic carbocycles. The first-order valence-electron chi connectivity index (χ1n) is 12.5. The maximum Gasteiger partial charge on any atom is 0.251 e. The van der Waals surface area contributed by atoms with Gasteiger partial charge in [-0.3, -0.25) is 9.59 Å². The Morgan fingerprint density at radius 1 is 0.865 bits per heavy atom. The summed E-state index contributed by atoms with van der Waals surface area (Å²) < 4.78 is 27.6. The molecule has 3 aromatic rings. The molecule has 0 heterocycles. The lowest BCUT2D eigenvalue weighted by atomic mass is 9.98. The Bertz CT molecular complexity index is 1210. The smallest absolute Gasteiger partial charge is 0.251 e. The Kier molecular flexibility index (Phi) is 10.1. The Balaban J connectivity index is 1.75. The molecule has 0 fully saturated rings. The zero-order chi connectivity index (χ0) is 26.9. The number of benzene rings is 3. The first-order valence-corrected chi connectivity index (χ1v) is 12.5. The summed E-state index contributed by atoms with van der Waals surface area (Å²) in [5.41, 5.74) is 3.25. The summed E-state index contributed by atoms with van der Waals surface area (Å²) in [6.45, 7) is 6.30. The van der Waals surface area contributed by atoms with Crippen molar-refractivity contribution in [2.75, 3.05) is 6.54 Å². The molecule has 1 amide bonds. The van der Waals surface area contributed by atoms with Gasteiger partial charge in [-0.25, -0.2) is 8.78 Å². The van der Waals surface area contributed by atoms with Crippen LogP contribution in [0.25, 0.3) is 0 Å². The van der Waals surface area contributed by atoms with Gasteiger partial charge in [0.15, 0.2) is 5.78 Å². The lowest BCUT2D eigenvalue weighted by molar-refractivity contribution is 0.0830. The van der Waals surface area contributed by atoms with Crippen molar-refractivity contribution in [2.24, 2.45) is 5.92 Å². The highest BCUT2D eigenvalue weighted by atomic mass is 19.1. The molecule has 5 nitrogen and oxygen atoms in total. The molecule has 0 spiro atoms. The number of nitrogens with one attached hydrogen (secondary N) is 2. The fourth-order valence-electron chi connectivity index (χ4n) is 4.13. The normalized spacial score (nSPS) is 12.8. The monoisotopic (exact) mass is 508 g/mol. The van der Waals surface area contributed by atoms with E-state index in [1.807, 2.05) is 18.2 Å². The number of halogens is 2. The van der Waals surface area contributed by atoms with Gasteiger partial charge in [0.25, 0.3) is 5.91 Å². The average Bonchev–Trinajstić information content (AvgIpc) is 2.87. The van der Waals surface area contributed by atoms with Crippen molar-refractivity contribution in [1.82, 2.24) is 10.6 Å². The van der Waals surface area contributed by atoms with Crippen LogP contribution in [0, 0.1) is 17.6 Å². The Morgan fingerprint density at radius 2 is 1.51 bits per heavy atom. The molecule has 0 radical (unpaired) electrons. The van der Waals surface area contributed by atoms with E-state index in [0.29, 0.717) is 17.7 Å². The quantitative estimate of drug-likeness (QED) is 0.306. The largest absolute Gasteiger partial charge is 0.390 e. The van der Waals surface area contributed by atoms with Crippen LogP contribution in [0.4, 0.5) is 8.78 Å². The van der Waals surface area contributed by atoms with Crippen LogP contribution in [-0.4, -0.2) is 35.5 Å². The molecular weight excluding hydrogens is 474 g/mol. The number of amides is 1. The lowest BCUT2D eigenvalue weighted by Gasteiger charge is -2.25. The Labute approximate surface area is 216 Å². The minimum atomic E-state index is -1.05. The number of Topliss-reactive ketones (excluding diaryl/α,β-unsaturated/α-hetero) is 1. The van der Waals surface area contributed by atoms with Gasteiger partial charge in [-0.15, -0.1) is 0 Å². The van der Waals surface area contributed by atoms with Crippen molar-refractivity contribution >= 4 is 11.7 Å². The summed E-state index contributed by atoms with van der Waals surface area (Å²) in [4.78, 5) is 25.5. The molecule has 0 saturated carbocycles. The number of hydrogen-bond donors (Lipinski definition) is 3. The molecule has 0 aliphatic rings. The highest BCUT2D eigenvalue weighted by Gasteiger charge is 2.23. The number of hydrogen-bond acceptors (Lipinski definition) is 4. The van der Waals surface area contributed by atoms with E-state index in [2.05, 4.69) is 23.6 Å². The standard InChI is InChI=1S/C30H34F2N2O3/c1-4-20-7-5-8-21(11-20)17-33-18-28(35)27(14-22-12-25(31)16-26(32)13-22)34-30(37)24-10-6-9-23(15-24)29(36)19(2)3/h5-13,15-16,19,27-28,33,35H,4,14,17-18H2,1-3H3,(H,34,37)/t27-,28+/m1/s1. The molecule has 0 bridgehead atoms. The van der Waals surface area contributed by atoms with Gasteiger partial charge < -0.3 is 15.7 Å². The first-order chi connectivity index (χ1) is 17.7. The van der Waals surface area contributed by atoms with Crippen LogP contribution in [0.5, 0.6) is 0 Å². The number of aryl methyl sites for hydroxylation is 1. The molecule has 3 N–H and O–H groups in total. The van der Waals surface area contributed by atoms with Gasteiger partial charge in [0, 0.05) is 36.2 Å². The van der Waals surface area contributed by atoms with E-state index in [4.69, 9.17) is 0 Å². The van der Waals surface area contributed by atoms with E-state index in [-0.39, 0.29) is 30.2 Å². The number of carbonyl (C=O) groups is 2. The molecule has 3 aromatic carbocycles. The molecule has 0 aromatic heterocycles. The third-order valence-electron chi connectivity index (χ3n) is 6.17. The summed E-state index contributed by atoms with van der Waals surface area (Å²) in [5, 5.41) is 17.0. The number of aliphatic hydroxyl groups excluding tert-OH is 1. The zero-order valence-electron chi connectivity index (χ0n) is 21.4. The van der Waals surface area contributed by atoms with E-state index in [0.717, 1.165) is 18.1 Å². The maximum absolute atomic E-state index is 13.8. The Hall–Kier alpha value is -3.42. The second kappa shape index (κ2) is 13.2. The maximum atomic E-state index is 13.8. The minimum absolute atomic E-state index is 0.0131. The van der Waals surface area contributed by atoms with Crippen LogP contribution in [0.1, 0.15) is 58.2 Å². The summed E-state index contributed by atoms with van der Waals surface area (Å²) in [5.74, 6) is -2.26. The zero-order valence-corrected chi connectivity index (χ0v) is 21.4. The SMILES string of the molecule is CCc1cccc(CNC[C@H](O)[C@@H](Cc2cc(F)cc(F)c2)NC(=O)c2cccc(C(=O)C(C)C)c2)c1. The third kappa shape index (κ3) is 8.30. The van der Waals surface area contributed by atoms with Crippen molar-refractivity contribution in [1.29, 1.82) is 0 Å². The first kappa shape index (κ1) is 28.2. The van der Waals surface area contributed by atoms with Crippen LogP contribution in [0.2, 0.25) is 0 Å². The summed E-state index contributed by atoms with van der Waals surface area (Å²) >= 11 is 0. The van der Waals surface area contributed by atoms with E-state index >= 15 is 0 Å². The second-order valence-electron chi connectivity index (χ2n) is 9.53. The van der Waals surface area contributed by atoms with Crippen molar-refractivity contribution in [3.63, 3.8) is 0 Å². The second-order valence-corrected chi connectivity index (χ2v) is 9.53. The van der Waals surface area contributed by atoms with Crippen LogP contribution >= 0.6 is 0 Å². The predicted molar refractivity (Wildman–Crippen MR) is 140 cm³/mol. The van der Waals surface area contributed by atoms with Crippen LogP contribution in [-0.2, 0) is 19.4 Å². The minimum Gasteiger partial charge on any atom is -0.390 e. The van der Waals surface area contributed by atoms with E-state index in [9.17, 15) is 23.5 Å². The van der Waals surface area contributed by atoms with E-state index in [1.54, 1.807) is 32.0 Å². The van der Waals surface area contributed by atoms with Gasteiger partial charge in [0.1, 0.15) is 11.6 Å². The van der Waals surface area contributed by atoms with E-state index < -0.39 is 29.7 Å². The lowest BCUT2D eigenvalue weighted by Crippen LogP contribution is -2.48. The van der Waals surface area contributed by atoms with Crippen LogP contribution < -0.4 is 10.6 Å². The van der Waals surface area contributed by atoms with Gasteiger partial charge in [-0.2, -0.15) is 0 Å². The number of carbonyl (C=O) groups excluding carboxylic acids is 2. The van der Waals surface area contributed by atoms with Gasteiger partial charge >= 0.3 is 0 Å². The van der Waals surface area contributed by atoms with Gasteiger partial charge in [0.05, 0.1) is 12.1 Å². The molecule has 0 saturated heterocycles. The topological polar surface area (TPSA) is 78.4 Å². The summed E-state index contributed by atoms with van der Waals surface area (Å²) in [7, 11) is 0. The average molecular weight is 509 g/mol. The van der Waals surface area contributed by atoms with Crippen molar-refractivity contribution in [2.45, 2.75) is 52.3 Å². The highest BCUT2D eigenvalue weighted by Crippen LogP contribution is 2.15. The summed E-state index contributed by atoms with van der Waals surface area (Å²) in [6, 6.07) is 16.8. The van der Waals surface area contributed by atoms with Gasteiger partial charge in [0.2, 0.25) is 0 Å². The molecule has 2 atom stereocenters. The predicted octanol–water partition coefficient (Wildman–Crippen LogP) is 4.86.